The van der Waals surface area contributed by atoms with Crippen molar-refractivity contribution in [2.75, 3.05) is 0 Å². The standard InChI is InChI=1S/C27H29NO2/c1-27(2,3)22(19-13-7-4-8-14-19)24-26(29)30-25(21-17-11-6-12-18-21)23(28-24)20-15-9-5-10-16-20/h4-18,22-25,28H,1-3H3/t22?,23-,24-,25+/m0/s1. The van der Waals surface area contributed by atoms with Crippen molar-refractivity contribution in [3.8, 4) is 0 Å². The van der Waals surface area contributed by atoms with Crippen molar-refractivity contribution in [2.45, 2.75) is 44.9 Å². The molecule has 4 atom stereocenters. The molecule has 0 aliphatic carbocycles. The van der Waals surface area contributed by atoms with Crippen molar-refractivity contribution in [1.29, 1.82) is 0 Å². The molecule has 0 bridgehead atoms. The Labute approximate surface area is 179 Å². The molecule has 30 heavy (non-hydrogen) atoms. The highest BCUT2D eigenvalue weighted by molar-refractivity contribution is 5.79. The number of hydrogen-bond donors (Lipinski definition) is 1. The third-order valence-electron chi connectivity index (χ3n) is 5.87. The van der Waals surface area contributed by atoms with Crippen molar-refractivity contribution >= 4 is 5.97 Å². The minimum absolute atomic E-state index is 0.0193. The number of esters is 1. The zero-order chi connectivity index (χ0) is 21.1. The summed E-state index contributed by atoms with van der Waals surface area (Å²) in [7, 11) is 0. The summed E-state index contributed by atoms with van der Waals surface area (Å²) >= 11 is 0. The molecule has 0 aromatic heterocycles. The Kier molecular flexibility index (Phi) is 5.74. The van der Waals surface area contributed by atoms with E-state index in [1.807, 2.05) is 66.7 Å². The predicted molar refractivity (Wildman–Crippen MR) is 120 cm³/mol. The molecule has 0 amide bonds. The minimum atomic E-state index is -0.433. The molecule has 1 heterocycles. The molecule has 0 saturated carbocycles. The summed E-state index contributed by atoms with van der Waals surface area (Å²) in [6, 6.07) is 30.0. The highest BCUT2D eigenvalue weighted by Gasteiger charge is 2.46. The Bertz CT molecular complexity index is 964. The SMILES string of the molecule is CC(C)(C)C(c1ccccc1)[C@@H]1N[C@@H](c2ccccc2)[C@@H](c2ccccc2)OC1=O. The molecule has 1 fully saturated rings. The van der Waals surface area contributed by atoms with Crippen molar-refractivity contribution < 1.29 is 9.53 Å². The fraction of sp³-hybridized carbons (Fsp3) is 0.296. The topological polar surface area (TPSA) is 38.3 Å². The fourth-order valence-corrected chi connectivity index (χ4v) is 4.54. The van der Waals surface area contributed by atoms with Gasteiger partial charge in [-0.05, 0) is 22.1 Å². The number of benzene rings is 3. The molecule has 154 valence electrons. The molecule has 1 saturated heterocycles. The molecule has 0 spiro atoms. The number of rotatable bonds is 4. The van der Waals surface area contributed by atoms with Gasteiger partial charge in [0.25, 0.3) is 0 Å². The van der Waals surface area contributed by atoms with Gasteiger partial charge >= 0.3 is 5.97 Å². The van der Waals surface area contributed by atoms with Crippen LogP contribution in [0.2, 0.25) is 0 Å². The van der Waals surface area contributed by atoms with Gasteiger partial charge in [0, 0.05) is 5.92 Å². The van der Waals surface area contributed by atoms with Crippen LogP contribution in [0.3, 0.4) is 0 Å². The molecule has 0 radical (unpaired) electrons. The first-order valence-electron chi connectivity index (χ1n) is 10.6. The van der Waals surface area contributed by atoms with E-state index < -0.39 is 6.04 Å². The number of nitrogens with one attached hydrogen (secondary N) is 1. The second-order valence-electron chi connectivity index (χ2n) is 9.06. The Morgan fingerprint density at radius 2 is 1.27 bits per heavy atom. The van der Waals surface area contributed by atoms with E-state index in [0.717, 1.165) is 16.7 Å². The van der Waals surface area contributed by atoms with Crippen LogP contribution in [0.15, 0.2) is 91.0 Å². The second kappa shape index (κ2) is 8.45. The van der Waals surface area contributed by atoms with E-state index in [0.29, 0.717) is 0 Å². The molecule has 1 aliphatic rings. The summed E-state index contributed by atoms with van der Waals surface area (Å²) in [5.41, 5.74) is 3.13. The zero-order valence-corrected chi connectivity index (χ0v) is 17.8. The molecule has 3 nitrogen and oxygen atoms in total. The van der Waals surface area contributed by atoms with E-state index >= 15 is 0 Å². The summed E-state index contributed by atoms with van der Waals surface area (Å²) in [6.07, 6.45) is -0.367. The first-order chi connectivity index (χ1) is 14.4. The van der Waals surface area contributed by atoms with Crippen molar-refractivity contribution in [2.24, 2.45) is 5.41 Å². The van der Waals surface area contributed by atoms with Gasteiger partial charge in [0.15, 0.2) is 0 Å². The van der Waals surface area contributed by atoms with Gasteiger partial charge in [0.2, 0.25) is 0 Å². The Hall–Kier alpha value is -2.91. The van der Waals surface area contributed by atoms with Crippen LogP contribution in [0, 0.1) is 5.41 Å². The average Bonchev–Trinajstić information content (AvgIpc) is 2.76. The highest BCUT2D eigenvalue weighted by atomic mass is 16.5. The lowest BCUT2D eigenvalue weighted by atomic mass is 9.71. The Morgan fingerprint density at radius 1 is 0.767 bits per heavy atom. The van der Waals surface area contributed by atoms with Gasteiger partial charge in [-0.1, -0.05) is 112 Å². The molecule has 1 N–H and O–H groups in total. The molecular formula is C27H29NO2. The number of ether oxygens (including phenoxy) is 1. The van der Waals surface area contributed by atoms with E-state index in [-0.39, 0.29) is 29.4 Å². The number of carbonyl (C=O) groups is 1. The maximum absolute atomic E-state index is 13.3. The predicted octanol–water partition coefficient (Wildman–Crippen LogP) is 5.81. The molecular weight excluding hydrogens is 370 g/mol. The van der Waals surface area contributed by atoms with Crippen LogP contribution in [-0.2, 0) is 9.53 Å². The zero-order valence-electron chi connectivity index (χ0n) is 17.8. The lowest BCUT2D eigenvalue weighted by molar-refractivity contribution is -0.163. The van der Waals surface area contributed by atoms with Gasteiger partial charge in [-0.3, -0.25) is 10.1 Å². The van der Waals surface area contributed by atoms with Crippen LogP contribution < -0.4 is 5.32 Å². The molecule has 1 aliphatic heterocycles. The lowest BCUT2D eigenvalue weighted by Crippen LogP contribution is -2.54. The van der Waals surface area contributed by atoms with Crippen LogP contribution in [-0.4, -0.2) is 12.0 Å². The fourth-order valence-electron chi connectivity index (χ4n) is 4.54. The summed E-state index contributed by atoms with van der Waals surface area (Å²) < 4.78 is 6.15. The van der Waals surface area contributed by atoms with E-state index in [2.05, 4.69) is 50.4 Å². The highest BCUT2D eigenvalue weighted by Crippen LogP contribution is 2.44. The van der Waals surface area contributed by atoms with Gasteiger partial charge in [-0.2, -0.15) is 0 Å². The molecule has 4 rings (SSSR count). The van der Waals surface area contributed by atoms with Crippen LogP contribution in [0.5, 0.6) is 0 Å². The van der Waals surface area contributed by atoms with E-state index in [4.69, 9.17) is 4.74 Å². The van der Waals surface area contributed by atoms with Crippen LogP contribution in [0.1, 0.15) is 55.5 Å². The van der Waals surface area contributed by atoms with Gasteiger partial charge in [0.05, 0.1) is 6.04 Å². The third kappa shape index (κ3) is 4.17. The van der Waals surface area contributed by atoms with Crippen LogP contribution in [0.25, 0.3) is 0 Å². The molecule has 3 aromatic carbocycles. The second-order valence-corrected chi connectivity index (χ2v) is 9.06. The Balaban J connectivity index is 1.75. The van der Waals surface area contributed by atoms with Gasteiger partial charge in [-0.25, -0.2) is 0 Å². The summed E-state index contributed by atoms with van der Waals surface area (Å²) in [6.45, 7) is 6.54. The minimum Gasteiger partial charge on any atom is -0.454 e. The average molecular weight is 400 g/mol. The van der Waals surface area contributed by atoms with E-state index in [9.17, 15) is 4.79 Å². The smallest absolute Gasteiger partial charge is 0.324 e. The van der Waals surface area contributed by atoms with Gasteiger partial charge < -0.3 is 4.74 Å². The summed E-state index contributed by atoms with van der Waals surface area (Å²) in [5, 5.41) is 3.70. The molecule has 1 unspecified atom stereocenters. The number of carbonyl (C=O) groups excluding carboxylic acids is 1. The molecule has 3 aromatic rings. The maximum Gasteiger partial charge on any atom is 0.324 e. The largest absolute Gasteiger partial charge is 0.454 e. The summed E-state index contributed by atoms with van der Waals surface area (Å²) in [4.78, 5) is 13.3. The first kappa shape index (κ1) is 20.4. The van der Waals surface area contributed by atoms with E-state index in [1.165, 1.54) is 0 Å². The van der Waals surface area contributed by atoms with E-state index in [1.54, 1.807) is 0 Å². The molecule has 3 heteroatoms. The van der Waals surface area contributed by atoms with Crippen molar-refractivity contribution in [3.05, 3.63) is 108 Å². The van der Waals surface area contributed by atoms with Gasteiger partial charge in [0.1, 0.15) is 12.1 Å². The maximum atomic E-state index is 13.3. The monoisotopic (exact) mass is 399 g/mol. The van der Waals surface area contributed by atoms with Crippen molar-refractivity contribution in [3.63, 3.8) is 0 Å². The summed E-state index contributed by atoms with van der Waals surface area (Å²) in [5.74, 6) is -0.214. The number of morpholine rings is 1. The number of hydrogen-bond acceptors (Lipinski definition) is 3. The first-order valence-corrected chi connectivity index (χ1v) is 10.6. The number of cyclic esters (lactones) is 1. The Morgan fingerprint density at radius 3 is 1.80 bits per heavy atom. The van der Waals surface area contributed by atoms with Crippen molar-refractivity contribution in [1.82, 2.24) is 5.32 Å². The van der Waals surface area contributed by atoms with Crippen LogP contribution in [0.4, 0.5) is 0 Å². The van der Waals surface area contributed by atoms with Crippen LogP contribution >= 0.6 is 0 Å². The van der Waals surface area contributed by atoms with Gasteiger partial charge in [-0.15, -0.1) is 0 Å². The third-order valence-corrected chi connectivity index (χ3v) is 5.87. The lowest BCUT2D eigenvalue weighted by Gasteiger charge is -2.44. The normalized spacial score (nSPS) is 22.9. The quantitative estimate of drug-likeness (QED) is 0.562.